The summed E-state index contributed by atoms with van der Waals surface area (Å²) in [5.74, 6) is -0.586. The van der Waals surface area contributed by atoms with Crippen molar-refractivity contribution in [1.82, 2.24) is 9.88 Å². The minimum Gasteiger partial charge on any atom is -0.344 e. The molecule has 0 bridgehead atoms. The molecule has 1 aliphatic rings. The third-order valence-electron chi connectivity index (χ3n) is 4.87. The molecule has 2 atom stereocenters. The largest absolute Gasteiger partial charge is 0.344 e. The van der Waals surface area contributed by atoms with E-state index >= 15 is 0 Å². The first kappa shape index (κ1) is 17.2. The van der Waals surface area contributed by atoms with E-state index in [0.717, 1.165) is 5.56 Å². The Morgan fingerprint density at radius 3 is 2.59 bits per heavy atom. The molecule has 3 N–H and O–H groups in total. The molecule has 1 aliphatic carbocycles. The highest BCUT2D eigenvalue weighted by atomic mass is 19.1. The standard InChI is InChI=1S/C21H18FN3O2/c22-17-5-3-4-15-16(17)12-18(23)20(15)24-21(27)13-7-9-14(10-8-13)25-11-2-1-6-19(25)26/h1-11,18,20H,12,23H2,(H,24,27). The van der Waals surface area contributed by atoms with Gasteiger partial charge in [-0.3, -0.25) is 14.2 Å². The van der Waals surface area contributed by atoms with Crippen molar-refractivity contribution in [1.29, 1.82) is 0 Å². The molecule has 2 unspecified atom stereocenters. The van der Waals surface area contributed by atoms with Crippen molar-refractivity contribution in [2.45, 2.75) is 18.5 Å². The van der Waals surface area contributed by atoms with Crippen molar-refractivity contribution < 1.29 is 9.18 Å². The Morgan fingerprint density at radius 2 is 1.85 bits per heavy atom. The Bertz CT molecular complexity index is 1060. The molecule has 5 nitrogen and oxygen atoms in total. The second-order valence-electron chi connectivity index (χ2n) is 6.58. The van der Waals surface area contributed by atoms with Gasteiger partial charge < -0.3 is 11.1 Å². The summed E-state index contributed by atoms with van der Waals surface area (Å²) in [5.41, 5.74) is 8.38. The fourth-order valence-corrected chi connectivity index (χ4v) is 3.49. The van der Waals surface area contributed by atoms with Gasteiger partial charge in [0.2, 0.25) is 0 Å². The molecule has 27 heavy (non-hydrogen) atoms. The number of aromatic nitrogens is 1. The lowest BCUT2D eigenvalue weighted by molar-refractivity contribution is 0.0933. The molecule has 0 fully saturated rings. The van der Waals surface area contributed by atoms with Crippen LogP contribution in [0.3, 0.4) is 0 Å². The maximum atomic E-state index is 13.9. The molecule has 1 heterocycles. The van der Waals surface area contributed by atoms with Crippen LogP contribution in [0.25, 0.3) is 5.69 Å². The van der Waals surface area contributed by atoms with Crippen LogP contribution >= 0.6 is 0 Å². The molecule has 0 aliphatic heterocycles. The number of nitrogens with zero attached hydrogens (tertiary/aromatic N) is 1. The van der Waals surface area contributed by atoms with E-state index in [1.165, 1.54) is 16.7 Å². The lowest BCUT2D eigenvalue weighted by atomic mass is 10.1. The summed E-state index contributed by atoms with van der Waals surface area (Å²) in [4.78, 5) is 24.5. The molecule has 0 spiro atoms. The topological polar surface area (TPSA) is 77.1 Å². The summed E-state index contributed by atoms with van der Waals surface area (Å²) >= 11 is 0. The average molecular weight is 363 g/mol. The minimum absolute atomic E-state index is 0.148. The number of carbonyl (C=O) groups is 1. The maximum absolute atomic E-state index is 13.9. The quantitative estimate of drug-likeness (QED) is 0.750. The number of benzene rings is 2. The Balaban J connectivity index is 1.55. The van der Waals surface area contributed by atoms with Crippen LogP contribution in [0.2, 0.25) is 0 Å². The smallest absolute Gasteiger partial charge is 0.255 e. The maximum Gasteiger partial charge on any atom is 0.255 e. The Kier molecular flexibility index (Phi) is 4.33. The van der Waals surface area contributed by atoms with Gasteiger partial charge in [0, 0.05) is 29.6 Å². The van der Waals surface area contributed by atoms with Crippen LogP contribution in [-0.2, 0) is 6.42 Å². The number of amides is 1. The summed E-state index contributed by atoms with van der Waals surface area (Å²) in [7, 11) is 0. The van der Waals surface area contributed by atoms with Gasteiger partial charge in [0.15, 0.2) is 0 Å². The zero-order chi connectivity index (χ0) is 19.0. The highest BCUT2D eigenvalue weighted by molar-refractivity contribution is 5.94. The van der Waals surface area contributed by atoms with E-state index < -0.39 is 6.04 Å². The summed E-state index contributed by atoms with van der Waals surface area (Å²) in [6, 6.07) is 15.6. The molecule has 2 aromatic carbocycles. The molecule has 4 rings (SSSR count). The van der Waals surface area contributed by atoms with E-state index in [4.69, 9.17) is 5.73 Å². The third-order valence-corrected chi connectivity index (χ3v) is 4.87. The van der Waals surface area contributed by atoms with E-state index in [9.17, 15) is 14.0 Å². The van der Waals surface area contributed by atoms with Gasteiger partial charge in [-0.25, -0.2) is 4.39 Å². The number of fused-ring (bicyclic) bond motifs is 1. The highest BCUT2D eigenvalue weighted by Crippen LogP contribution is 2.32. The molecule has 136 valence electrons. The summed E-state index contributed by atoms with van der Waals surface area (Å²) in [6.07, 6.45) is 2.06. The van der Waals surface area contributed by atoms with Gasteiger partial charge >= 0.3 is 0 Å². The Morgan fingerprint density at radius 1 is 1.07 bits per heavy atom. The molecule has 0 saturated heterocycles. The minimum atomic E-state index is -0.431. The second kappa shape index (κ2) is 6.81. The van der Waals surface area contributed by atoms with Crippen molar-refractivity contribution >= 4 is 5.91 Å². The van der Waals surface area contributed by atoms with Crippen LogP contribution in [0.5, 0.6) is 0 Å². The first-order chi connectivity index (χ1) is 13.0. The van der Waals surface area contributed by atoms with Crippen LogP contribution in [-0.4, -0.2) is 16.5 Å². The number of nitrogens with one attached hydrogen (secondary N) is 1. The van der Waals surface area contributed by atoms with Crippen molar-refractivity contribution in [3.8, 4) is 5.69 Å². The van der Waals surface area contributed by atoms with Gasteiger partial charge in [-0.2, -0.15) is 0 Å². The SMILES string of the molecule is NC1Cc2c(F)cccc2C1NC(=O)c1ccc(-n2ccccc2=O)cc1. The van der Waals surface area contributed by atoms with Gasteiger partial charge in [0.05, 0.1) is 6.04 Å². The van der Waals surface area contributed by atoms with Gasteiger partial charge in [-0.15, -0.1) is 0 Å². The molecular weight excluding hydrogens is 345 g/mol. The molecular formula is C21H18FN3O2. The van der Waals surface area contributed by atoms with E-state index in [0.29, 0.717) is 23.2 Å². The van der Waals surface area contributed by atoms with E-state index in [1.807, 2.05) is 0 Å². The summed E-state index contributed by atoms with van der Waals surface area (Å²) in [5, 5.41) is 2.90. The second-order valence-corrected chi connectivity index (χ2v) is 6.58. The normalized spacial score (nSPS) is 18.1. The first-order valence-electron chi connectivity index (χ1n) is 8.66. The fraction of sp³-hybridized carbons (Fsp3) is 0.143. The molecule has 1 aromatic heterocycles. The molecule has 0 radical (unpaired) electrons. The zero-order valence-electron chi connectivity index (χ0n) is 14.4. The Hall–Kier alpha value is -3.25. The lowest BCUT2D eigenvalue weighted by Crippen LogP contribution is -2.38. The number of hydrogen-bond donors (Lipinski definition) is 2. The van der Waals surface area contributed by atoms with Crippen LogP contribution in [0.1, 0.15) is 27.5 Å². The number of carbonyl (C=O) groups excluding carboxylic acids is 1. The summed E-state index contributed by atoms with van der Waals surface area (Å²) < 4.78 is 15.4. The predicted molar refractivity (Wildman–Crippen MR) is 100 cm³/mol. The highest BCUT2D eigenvalue weighted by Gasteiger charge is 2.33. The van der Waals surface area contributed by atoms with Gasteiger partial charge in [0.25, 0.3) is 11.5 Å². The predicted octanol–water partition coefficient (Wildman–Crippen LogP) is 2.33. The fourth-order valence-electron chi connectivity index (χ4n) is 3.49. The Labute approximate surface area is 155 Å². The number of pyridine rings is 1. The van der Waals surface area contributed by atoms with Crippen LogP contribution in [0.15, 0.2) is 71.7 Å². The third kappa shape index (κ3) is 3.15. The number of nitrogens with two attached hydrogens (primary N) is 1. The number of rotatable bonds is 3. The summed E-state index contributed by atoms with van der Waals surface area (Å²) in [6.45, 7) is 0. The molecule has 1 amide bonds. The van der Waals surface area contributed by atoms with E-state index in [1.54, 1.807) is 54.7 Å². The monoisotopic (exact) mass is 363 g/mol. The van der Waals surface area contributed by atoms with Crippen molar-refractivity contribution in [3.63, 3.8) is 0 Å². The van der Waals surface area contributed by atoms with E-state index in [2.05, 4.69) is 5.32 Å². The molecule has 3 aromatic rings. The zero-order valence-corrected chi connectivity index (χ0v) is 14.4. The number of hydrogen-bond acceptors (Lipinski definition) is 3. The number of halogens is 1. The van der Waals surface area contributed by atoms with Crippen molar-refractivity contribution in [2.24, 2.45) is 5.73 Å². The van der Waals surface area contributed by atoms with Gasteiger partial charge in [0.1, 0.15) is 5.82 Å². The van der Waals surface area contributed by atoms with Crippen LogP contribution < -0.4 is 16.6 Å². The van der Waals surface area contributed by atoms with Gasteiger partial charge in [-0.05, 0) is 53.9 Å². The van der Waals surface area contributed by atoms with Crippen LogP contribution in [0.4, 0.5) is 4.39 Å². The van der Waals surface area contributed by atoms with Crippen LogP contribution in [0, 0.1) is 5.82 Å². The molecule has 6 heteroatoms. The van der Waals surface area contributed by atoms with Crippen molar-refractivity contribution in [3.05, 3.63) is 99.7 Å². The average Bonchev–Trinajstić information content (AvgIpc) is 2.99. The van der Waals surface area contributed by atoms with Gasteiger partial charge in [-0.1, -0.05) is 18.2 Å². The van der Waals surface area contributed by atoms with E-state index in [-0.39, 0.29) is 23.3 Å². The molecule has 0 saturated carbocycles. The lowest BCUT2D eigenvalue weighted by Gasteiger charge is -2.19. The van der Waals surface area contributed by atoms with Crippen molar-refractivity contribution in [2.75, 3.05) is 0 Å². The first-order valence-corrected chi connectivity index (χ1v) is 8.66.